The van der Waals surface area contributed by atoms with Crippen LogP contribution in [0.1, 0.15) is 37.7 Å². The molecule has 104 valence electrons. The summed E-state index contributed by atoms with van der Waals surface area (Å²) in [5, 5.41) is 12.8. The summed E-state index contributed by atoms with van der Waals surface area (Å²) in [4.78, 5) is 14.0. The second-order valence-electron chi connectivity index (χ2n) is 4.84. The van der Waals surface area contributed by atoms with Gasteiger partial charge in [-0.05, 0) is 12.8 Å². The first-order chi connectivity index (χ1) is 8.99. The molecule has 0 fully saturated rings. The van der Waals surface area contributed by atoms with E-state index < -0.39 is 0 Å². The van der Waals surface area contributed by atoms with Gasteiger partial charge in [0.1, 0.15) is 0 Å². The molecule has 1 aromatic heterocycles. The largest absolute Gasteiger partial charge is 0.396 e. The molecule has 0 aliphatic heterocycles. The van der Waals surface area contributed by atoms with Crippen LogP contribution in [0, 0.1) is 17.2 Å². The number of aromatic nitrogens is 2. The van der Waals surface area contributed by atoms with Gasteiger partial charge >= 0.3 is 0 Å². The number of nitrogen functional groups attached to an aromatic ring is 1. The van der Waals surface area contributed by atoms with Crippen LogP contribution in [0.3, 0.4) is 0 Å². The van der Waals surface area contributed by atoms with Gasteiger partial charge in [-0.15, -0.1) is 0 Å². The van der Waals surface area contributed by atoms with Crippen molar-refractivity contribution in [3.05, 3.63) is 11.9 Å². The number of aryl methyl sites for hydroxylation is 1. The van der Waals surface area contributed by atoms with Crippen molar-refractivity contribution < 1.29 is 4.79 Å². The SMILES string of the molecule is CCn1cc(N)c(C(=O)N(CCC#N)CC(C)C)n1. The maximum atomic E-state index is 12.4. The average molecular weight is 263 g/mol. The molecule has 1 heterocycles. The first-order valence-corrected chi connectivity index (χ1v) is 6.48. The molecular formula is C13H21N5O. The van der Waals surface area contributed by atoms with Crippen LogP contribution in [0.15, 0.2) is 6.20 Å². The fraction of sp³-hybridized carbons (Fsp3) is 0.615. The Kier molecular flexibility index (Phi) is 5.37. The van der Waals surface area contributed by atoms with Crippen molar-refractivity contribution in [2.75, 3.05) is 18.8 Å². The van der Waals surface area contributed by atoms with Gasteiger partial charge in [0.05, 0.1) is 18.2 Å². The Morgan fingerprint density at radius 2 is 2.32 bits per heavy atom. The van der Waals surface area contributed by atoms with Crippen molar-refractivity contribution in [1.29, 1.82) is 5.26 Å². The number of hydrogen-bond acceptors (Lipinski definition) is 4. The van der Waals surface area contributed by atoms with E-state index in [1.54, 1.807) is 15.8 Å². The highest BCUT2D eigenvalue weighted by Crippen LogP contribution is 2.13. The zero-order valence-corrected chi connectivity index (χ0v) is 11.8. The first kappa shape index (κ1) is 15.0. The van der Waals surface area contributed by atoms with Gasteiger partial charge in [-0.2, -0.15) is 10.4 Å². The first-order valence-electron chi connectivity index (χ1n) is 6.48. The Hall–Kier alpha value is -2.03. The molecule has 1 rings (SSSR count). The minimum Gasteiger partial charge on any atom is -0.396 e. The van der Waals surface area contributed by atoms with Gasteiger partial charge < -0.3 is 10.6 Å². The van der Waals surface area contributed by atoms with Gasteiger partial charge in [-0.1, -0.05) is 13.8 Å². The van der Waals surface area contributed by atoms with E-state index in [0.29, 0.717) is 37.7 Å². The fourth-order valence-electron chi connectivity index (χ4n) is 1.82. The van der Waals surface area contributed by atoms with Crippen LogP contribution >= 0.6 is 0 Å². The maximum absolute atomic E-state index is 12.4. The monoisotopic (exact) mass is 263 g/mol. The molecule has 1 aromatic rings. The number of nitrogens with zero attached hydrogens (tertiary/aromatic N) is 4. The summed E-state index contributed by atoms with van der Waals surface area (Å²) >= 11 is 0. The number of carbonyl (C=O) groups excluding carboxylic acids is 1. The lowest BCUT2D eigenvalue weighted by molar-refractivity contribution is 0.0734. The Labute approximate surface area is 113 Å². The molecule has 0 atom stereocenters. The molecule has 1 amide bonds. The Morgan fingerprint density at radius 3 is 2.79 bits per heavy atom. The molecule has 0 radical (unpaired) electrons. The van der Waals surface area contributed by atoms with Crippen molar-refractivity contribution in [1.82, 2.24) is 14.7 Å². The van der Waals surface area contributed by atoms with Crippen LogP contribution in [0.5, 0.6) is 0 Å². The van der Waals surface area contributed by atoms with E-state index in [1.807, 2.05) is 20.8 Å². The van der Waals surface area contributed by atoms with Gasteiger partial charge in [0, 0.05) is 25.8 Å². The zero-order chi connectivity index (χ0) is 14.4. The second-order valence-corrected chi connectivity index (χ2v) is 4.84. The van der Waals surface area contributed by atoms with Crippen molar-refractivity contribution in [2.45, 2.75) is 33.7 Å². The number of rotatable bonds is 6. The predicted molar refractivity (Wildman–Crippen MR) is 73.3 cm³/mol. The van der Waals surface area contributed by atoms with Gasteiger partial charge in [0.15, 0.2) is 5.69 Å². The molecule has 6 nitrogen and oxygen atoms in total. The summed E-state index contributed by atoms with van der Waals surface area (Å²) < 4.78 is 1.64. The van der Waals surface area contributed by atoms with Crippen LogP contribution in [-0.4, -0.2) is 33.7 Å². The highest BCUT2D eigenvalue weighted by Gasteiger charge is 2.21. The quantitative estimate of drug-likeness (QED) is 0.842. The molecule has 0 aliphatic carbocycles. The minimum absolute atomic E-state index is 0.200. The number of nitrogens with two attached hydrogens (primary N) is 1. The van der Waals surface area contributed by atoms with E-state index in [0.717, 1.165) is 0 Å². The lowest BCUT2D eigenvalue weighted by Crippen LogP contribution is -2.35. The molecular weight excluding hydrogens is 242 g/mol. The number of hydrogen-bond donors (Lipinski definition) is 1. The summed E-state index contributed by atoms with van der Waals surface area (Å²) in [5.41, 5.74) is 6.48. The minimum atomic E-state index is -0.200. The van der Waals surface area contributed by atoms with E-state index >= 15 is 0 Å². The highest BCUT2D eigenvalue weighted by molar-refractivity contribution is 5.97. The van der Waals surface area contributed by atoms with Crippen LogP contribution < -0.4 is 5.73 Å². The zero-order valence-electron chi connectivity index (χ0n) is 11.8. The molecule has 0 saturated heterocycles. The van der Waals surface area contributed by atoms with Crippen molar-refractivity contribution in [3.63, 3.8) is 0 Å². The van der Waals surface area contributed by atoms with E-state index in [9.17, 15) is 4.79 Å². The molecule has 2 N–H and O–H groups in total. The summed E-state index contributed by atoms with van der Waals surface area (Å²) in [6.07, 6.45) is 1.97. The maximum Gasteiger partial charge on any atom is 0.276 e. The van der Waals surface area contributed by atoms with Crippen LogP contribution in [-0.2, 0) is 6.54 Å². The third-order valence-electron chi connectivity index (χ3n) is 2.68. The lowest BCUT2D eigenvalue weighted by atomic mass is 10.2. The number of nitriles is 1. The van der Waals surface area contributed by atoms with E-state index in [4.69, 9.17) is 11.0 Å². The molecule has 0 bridgehead atoms. The van der Waals surface area contributed by atoms with Gasteiger partial charge in [-0.25, -0.2) is 0 Å². The number of amides is 1. The third-order valence-corrected chi connectivity index (χ3v) is 2.68. The molecule has 0 aromatic carbocycles. The number of carbonyl (C=O) groups is 1. The molecule has 6 heteroatoms. The van der Waals surface area contributed by atoms with Crippen molar-refractivity contribution >= 4 is 11.6 Å². The van der Waals surface area contributed by atoms with Crippen LogP contribution in [0.25, 0.3) is 0 Å². The van der Waals surface area contributed by atoms with Gasteiger partial charge in [-0.3, -0.25) is 9.48 Å². The van der Waals surface area contributed by atoms with Crippen LogP contribution in [0.2, 0.25) is 0 Å². The van der Waals surface area contributed by atoms with Gasteiger partial charge in [0.25, 0.3) is 5.91 Å². The second kappa shape index (κ2) is 6.78. The topological polar surface area (TPSA) is 87.9 Å². The standard InChI is InChI=1S/C13H21N5O/c1-4-18-9-11(15)12(16-18)13(19)17(7-5-6-14)8-10(2)3/h9-10H,4-5,7-8,15H2,1-3H3. The average Bonchev–Trinajstić information content (AvgIpc) is 2.74. The number of anilines is 1. The Balaban J connectivity index is 2.91. The van der Waals surface area contributed by atoms with Crippen LogP contribution in [0.4, 0.5) is 5.69 Å². The lowest BCUT2D eigenvalue weighted by Gasteiger charge is -2.22. The molecule has 19 heavy (non-hydrogen) atoms. The molecule has 0 spiro atoms. The van der Waals surface area contributed by atoms with E-state index in [-0.39, 0.29) is 11.6 Å². The molecule has 0 unspecified atom stereocenters. The van der Waals surface area contributed by atoms with Crippen molar-refractivity contribution in [2.24, 2.45) is 5.92 Å². The summed E-state index contributed by atoms with van der Waals surface area (Å²) in [6.45, 7) is 7.66. The Morgan fingerprint density at radius 1 is 1.63 bits per heavy atom. The summed E-state index contributed by atoms with van der Waals surface area (Å²) in [6, 6.07) is 2.06. The molecule has 0 saturated carbocycles. The normalized spacial score (nSPS) is 10.5. The third kappa shape index (κ3) is 3.98. The van der Waals surface area contributed by atoms with Crippen molar-refractivity contribution in [3.8, 4) is 6.07 Å². The van der Waals surface area contributed by atoms with E-state index in [2.05, 4.69) is 11.2 Å². The molecule has 0 aliphatic rings. The Bertz CT molecular complexity index is 472. The fourth-order valence-corrected chi connectivity index (χ4v) is 1.82. The summed E-state index contributed by atoms with van der Waals surface area (Å²) in [5.74, 6) is 0.130. The smallest absolute Gasteiger partial charge is 0.276 e. The summed E-state index contributed by atoms with van der Waals surface area (Å²) in [7, 11) is 0. The highest BCUT2D eigenvalue weighted by atomic mass is 16.2. The van der Waals surface area contributed by atoms with Gasteiger partial charge in [0.2, 0.25) is 0 Å². The predicted octanol–water partition coefficient (Wildman–Crippen LogP) is 1.50. The van der Waals surface area contributed by atoms with E-state index in [1.165, 1.54) is 0 Å².